The maximum atomic E-state index is 12.0. The van der Waals surface area contributed by atoms with Gasteiger partial charge in [0.1, 0.15) is 16.7 Å². The van der Waals surface area contributed by atoms with Crippen LogP contribution in [-0.2, 0) is 9.53 Å². The van der Waals surface area contributed by atoms with E-state index in [0.717, 1.165) is 27.8 Å². The van der Waals surface area contributed by atoms with Crippen LogP contribution in [0.5, 0.6) is 5.75 Å². The number of amides is 1. The number of thioether (sulfide) groups is 1. The van der Waals surface area contributed by atoms with Crippen molar-refractivity contribution in [3.05, 3.63) is 53.1 Å². The number of para-hydroxylation sites is 1. The SMILES string of the molecule is Cc1cc(SC#N)cc(C)c1NC(=O)COC(=O)c1ccccc1O. The molecule has 0 heterocycles. The van der Waals surface area contributed by atoms with E-state index in [1.807, 2.05) is 19.2 Å². The number of hydrogen-bond acceptors (Lipinski definition) is 6. The van der Waals surface area contributed by atoms with E-state index in [9.17, 15) is 14.7 Å². The van der Waals surface area contributed by atoms with Gasteiger partial charge in [-0.1, -0.05) is 12.1 Å². The smallest absolute Gasteiger partial charge is 0.342 e. The van der Waals surface area contributed by atoms with E-state index in [1.54, 1.807) is 24.3 Å². The molecule has 7 heteroatoms. The largest absolute Gasteiger partial charge is 0.507 e. The monoisotopic (exact) mass is 356 g/mol. The number of benzene rings is 2. The zero-order valence-electron chi connectivity index (χ0n) is 13.7. The number of nitriles is 1. The number of phenols is 1. The quantitative estimate of drug-likeness (QED) is 0.484. The summed E-state index contributed by atoms with van der Waals surface area (Å²) < 4.78 is 4.93. The molecule has 0 aliphatic rings. The Hall–Kier alpha value is -2.98. The number of carbonyl (C=O) groups excluding carboxylic acids is 2. The minimum atomic E-state index is -0.775. The molecule has 2 aromatic rings. The molecule has 6 nitrogen and oxygen atoms in total. The molecule has 25 heavy (non-hydrogen) atoms. The second-order valence-corrected chi connectivity index (χ2v) is 6.12. The third-order valence-electron chi connectivity index (χ3n) is 3.39. The summed E-state index contributed by atoms with van der Waals surface area (Å²) in [6.45, 7) is 3.16. The lowest BCUT2D eigenvalue weighted by Gasteiger charge is -2.13. The van der Waals surface area contributed by atoms with E-state index in [-0.39, 0.29) is 11.3 Å². The highest BCUT2D eigenvalue weighted by Crippen LogP contribution is 2.27. The van der Waals surface area contributed by atoms with Crippen molar-refractivity contribution in [2.45, 2.75) is 18.7 Å². The van der Waals surface area contributed by atoms with Crippen molar-refractivity contribution >= 4 is 29.3 Å². The molecule has 2 aromatic carbocycles. The van der Waals surface area contributed by atoms with E-state index in [0.29, 0.717) is 5.69 Å². The van der Waals surface area contributed by atoms with E-state index in [1.165, 1.54) is 12.1 Å². The number of nitrogens with one attached hydrogen (secondary N) is 1. The number of thiocyanates is 1. The molecular weight excluding hydrogens is 340 g/mol. The standard InChI is InChI=1S/C18H16N2O4S/c1-11-7-13(25-10-19)8-12(2)17(11)20-16(22)9-24-18(23)14-5-3-4-6-15(14)21/h3-8,21H,9H2,1-2H3,(H,20,22). The van der Waals surface area contributed by atoms with Crippen LogP contribution in [0.25, 0.3) is 0 Å². The Bertz CT molecular complexity index is 835. The Morgan fingerprint density at radius 2 is 1.88 bits per heavy atom. The Kier molecular flexibility index (Phi) is 6.03. The first-order chi connectivity index (χ1) is 11.9. The number of aryl methyl sites for hydroxylation is 2. The summed E-state index contributed by atoms with van der Waals surface area (Å²) >= 11 is 1.04. The predicted molar refractivity (Wildman–Crippen MR) is 94.4 cm³/mol. The molecule has 0 atom stereocenters. The fraction of sp³-hybridized carbons (Fsp3) is 0.167. The highest BCUT2D eigenvalue weighted by atomic mass is 32.2. The summed E-state index contributed by atoms with van der Waals surface area (Å²) in [5.74, 6) is -1.47. The number of rotatable bonds is 5. The molecule has 0 unspecified atom stereocenters. The summed E-state index contributed by atoms with van der Waals surface area (Å²) in [6, 6.07) is 9.54. The molecule has 0 fully saturated rings. The molecule has 0 aliphatic carbocycles. The summed E-state index contributed by atoms with van der Waals surface area (Å²) in [5, 5.41) is 23.0. The van der Waals surface area contributed by atoms with Gasteiger partial charge in [0.25, 0.3) is 5.91 Å². The molecule has 128 valence electrons. The molecule has 0 aliphatic heterocycles. The summed E-state index contributed by atoms with van der Waals surface area (Å²) in [4.78, 5) is 24.7. The van der Waals surface area contributed by atoms with Gasteiger partial charge in [0.05, 0.1) is 0 Å². The van der Waals surface area contributed by atoms with Gasteiger partial charge in [-0.15, -0.1) is 0 Å². The van der Waals surface area contributed by atoms with Gasteiger partial charge in [-0.3, -0.25) is 4.79 Å². The second kappa shape index (κ2) is 8.22. The van der Waals surface area contributed by atoms with Crippen LogP contribution < -0.4 is 5.32 Å². The van der Waals surface area contributed by atoms with Crippen LogP contribution in [0.15, 0.2) is 41.3 Å². The van der Waals surface area contributed by atoms with Gasteiger partial charge in [-0.05, 0) is 61.0 Å². The minimum Gasteiger partial charge on any atom is -0.507 e. The van der Waals surface area contributed by atoms with Crippen molar-refractivity contribution in [2.75, 3.05) is 11.9 Å². The van der Waals surface area contributed by atoms with Crippen molar-refractivity contribution in [1.29, 1.82) is 5.26 Å². The molecule has 0 saturated heterocycles. The predicted octanol–water partition coefficient (Wildman–Crippen LogP) is 3.38. The Balaban J connectivity index is 2.00. The molecular formula is C18H16N2O4S. The highest BCUT2D eigenvalue weighted by Gasteiger charge is 2.15. The first-order valence-electron chi connectivity index (χ1n) is 7.34. The van der Waals surface area contributed by atoms with E-state index in [2.05, 4.69) is 5.32 Å². The maximum Gasteiger partial charge on any atom is 0.342 e. The van der Waals surface area contributed by atoms with Crippen LogP contribution in [0.4, 0.5) is 5.69 Å². The molecule has 0 bridgehead atoms. The third kappa shape index (κ3) is 4.75. The average molecular weight is 356 g/mol. The van der Waals surface area contributed by atoms with Crippen LogP contribution in [-0.4, -0.2) is 23.6 Å². The topological polar surface area (TPSA) is 99.4 Å². The van der Waals surface area contributed by atoms with E-state index < -0.39 is 18.5 Å². The van der Waals surface area contributed by atoms with Gasteiger partial charge >= 0.3 is 5.97 Å². The average Bonchev–Trinajstić information content (AvgIpc) is 2.57. The zero-order chi connectivity index (χ0) is 18.4. The van der Waals surface area contributed by atoms with Crippen LogP contribution >= 0.6 is 11.8 Å². The normalized spacial score (nSPS) is 9.96. The number of hydrogen-bond donors (Lipinski definition) is 2. The zero-order valence-corrected chi connectivity index (χ0v) is 14.5. The van der Waals surface area contributed by atoms with Crippen molar-refractivity contribution in [1.82, 2.24) is 0 Å². The molecule has 0 saturated carbocycles. The van der Waals surface area contributed by atoms with Crippen LogP contribution in [0.3, 0.4) is 0 Å². The highest BCUT2D eigenvalue weighted by molar-refractivity contribution is 8.03. The second-order valence-electron chi connectivity index (χ2n) is 5.27. The number of ether oxygens (including phenoxy) is 1. The number of esters is 1. The van der Waals surface area contributed by atoms with Crippen LogP contribution in [0.2, 0.25) is 0 Å². The van der Waals surface area contributed by atoms with Crippen LogP contribution in [0, 0.1) is 24.5 Å². The Morgan fingerprint density at radius 1 is 1.24 bits per heavy atom. The van der Waals surface area contributed by atoms with Gasteiger partial charge in [0.15, 0.2) is 6.61 Å². The number of phenolic OH excluding ortho intramolecular Hbond substituents is 1. The van der Waals surface area contributed by atoms with E-state index >= 15 is 0 Å². The maximum absolute atomic E-state index is 12.0. The molecule has 2 N–H and O–H groups in total. The Labute approximate surface area is 149 Å². The molecule has 1 amide bonds. The molecule has 2 rings (SSSR count). The minimum absolute atomic E-state index is 0.000502. The van der Waals surface area contributed by atoms with Gasteiger partial charge in [0.2, 0.25) is 0 Å². The lowest BCUT2D eigenvalue weighted by atomic mass is 10.1. The summed E-state index contributed by atoms with van der Waals surface area (Å²) in [5.41, 5.74) is 2.22. The fourth-order valence-electron chi connectivity index (χ4n) is 2.26. The molecule has 0 radical (unpaired) electrons. The molecule has 0 spiro atoms. The molecule has 0 aromatic heterocycles. The summed E-state index contributed by atoms with van der Waals surface area (Å²) in [6.07, 6.45) is 0. The number of anilines is 1. The fourth-order valence-corrected chi connectivity index (χ4v) is 2.84. The van der Waals surface area contributed by atoms with Gasteiger partial charge in [0, 0.05) is 10.6 Å². The Morgan fingerprint density at radius 3 is 2.48 bits per heavy atom. The van der Waals surface area contributed by atoms with Crippen molar-refractivity contribution in [2.24, 2.45) is 0 Å². The third-order valence-corrected chi connectivity index (χ3v) is 3.96. The summed E-state index contributed by atoms with van der Waals surface area (Å²) in [7, 11) is 0. The number of carbonyl (C=O) groups is 2. The van der Waals surface area contributed by atoms with E-state index in [4.69, 9.17) is 10.00 Å². The van der Waals surface area contributed by atoms with Gasteiger partial charge < -0.3 is 15.2 Å². The van der Waals surface area contributed by atoms with Crippen molar-refractivity contribution in [3.63, 3.8) is 0 Å². The van der Waals surface area contributed by atoms with Crippen LogP contribution in [0.1, 0.15) is 21.5 Å². The number of aromatic hydroxyl groups is 1. The van der Waals surface area contributed by atoms with Crippen molar-refractivity contribution < 1.29 is 19.4 Å². The van der Waals surface area contributed by atoms with Gasteiger partial charge in [-0.2, -0.15) is 5.26 Å². The number of nitrogens with zero attached hydrogens (tertiary/aromatic N) is 1. The lowest BCUT2D eigenvalue weighted by Crippen LogP contribution is -2.22. The van der Waals surface area contributed by atoms with Crippen molar-refractivity contribution in [3.8, 4) is 11.2 Å². The first-order valence-corrected chi connectivity index (χ1v) is 8.16. The first kappa shape index (κ1) is 18.4. The lowest BCUT2D eigenvalue weighted by molar-refractivity contribution is -0.119. The van der Waals surface area contributed by atoms with Gasteiger partial charge in [-0.25, -0.2) is 4.79 Å².